The lowest BCUT2D eigenvalue weighted by Gasteiger charge is -2.00. The standard InChI is InChI=1S/C13H9N5O4/c1-7-12(13(19)20)15-14-11-6-10(16-17(7)11)8-2-4-9(5-3-8)18(21)22/h2-6H,1H3,(H,19,20). The van der Waals surface area contributed by atoms with Crippen LogP contribution in [-0.2, 0) is 0 Å². The zero-order chi connectivity index (χ0) is 15.9. The largest absolute Gasteiger partial charge is 0.476 e. The number of benzene rings is 1. The Morgan fingerprint density at radius 2 is 1.95 bits per heavy atom. The van der Waals surface area contributed by atoms with Crippen molar-refractivity contribution < 1.29 is 14.8 Å². The van der Waals surface area contributed by atoms with Crippen LogP contribution >= 0.6 is 0 Å². The predicted octanol–water partition coefficient (Wildman–Crippen LogP) is 1.71. The Balaban J connectivity index is 2.10. The molecule has 0 aliphatic rings. The number of nitro groups is 1. The van der Waals surface area contributed by atoms with Crippen LogP contribution in [-0.4, -0.2) is 35.8 Å². The molecule has 9 heteroatoms. The van der Waals surface area contributed by atoms with Gasteiger partial charge in [0.1, 0.15) is 0 Å². The summed E-state index contributed by atoms with van der Waals surface area (Å²) >= 11 is 0. The van der Waals surface area contributed by atoms with E-state index >= 15 is 0 Å². The van der Waals surface area contributed by atoms with Crippen LogP contribution in [0.2, 0.25) is 0 Å². The number of carboxylic acid groups (broad SMARTS) is 1. The van der Waals surface area contributed by atoms with Crippen molar-refractivity contribution in [3.05, 3.63) is 51.8 Å². The molecule has 3 rings (SSSR count). The van der Waals surface area contributed by atoms with Crippen LogP contribution in [0.5, 0.6) is 0 Å². The molecular formula is C13H9N5O4. The Morgan fingerprint density at radius 1 is 1.27 bits per heavy atom. The molecule has 1 N–H and O–H groups in total. The van der Waals surface area contributed by atoms with E-state index < -0.39 is 10.9 Å². The number of hydrogen-bond acceptors (Lipinski definition) is 6. The summed E-state index contributed by atoms with van der Waals surface area (Å²) in [5.74, 6) is -1.18. The van der Waals surface area contributed by atoms with Crippen molar-refractivity contribution in [2.45, 2.75) is 6.92 Å². The van der Waals surface area contributed by atoms with E-state index in [0.717, 1.165) is 0 Å². The minimum Gasteiger partial charge on any atom is -0.476 e. The van der Waals surface area contributed by atoms with Gasteiger partial charge in [-0.3, -0.25) is 10.1 Å². The summed E-state index contributed by atoms with van der Waals surface area (Å²) in [7, 11) is 0. The van der Waals surface area contributed by atoms with Gasteiger partial charge in [-0.1, -0.05) is 0 Å². The lowest BCUT2D eigenvalue weighted by molar-refractivity contribution is -0.384. The first-order valence-electron chi connectivity index (χ1n) is 6.18. The maximum atomic E-state index is 11.0. The highest BCUT2D eigenvalue weighted by Gasteiger charge is 2.16. The molecule has 0 saturated heterocycles. The molecule has 2 aromatic heterocycles. The maximum absolute atomic E-state index is 11.0. The van der Waals surface area contributed by atoms with Gasteiger partial charge in [0.05, 0.1) is 16.3 Å². The summed E-state index contributed by atoms with van der Waals surface area (Å²) in [4.78, 5) is 21.2. The fourth-order valence-corrected chi connectivity index (χ4v) is 2.06. The third-order valence-corrected chi connectivity index (χ3v) is 3.18. The molecule has 2 heterocycles. The molecule has 0 bridgehead atoms. The molecule has 0 aliphatic carbocycles. The van der Waals surface area contributed by atoms with Crippen LogP contribution in [0.25, 0.3) is 16.9 Å². The summed E-state index contributed by atoms with van der Waals surface area (Å²) in [5.41, 5.74) is 1.74. The zero-order valence-corrected chi connectivity index (χ0v) is 11.3. The van der Waals surface area contributed by atoms with Crippen LogP contribution in [0, 0.1) is 17.0 Å². The van der Waals surface area contributed by atoms with Crippen molar-refractivity contribution in [2.75, 3.05) is 0 Å². The van der Waals surface area contributed by atoms with E-state index in [0.29, 0.717) is 22.6 Å². The molecule has 3 aromatic rings. The number of nitrogens with zero attached hydrogens (tertiary/aromatic N) is 5. The number of fused-ring (bicyclic) bond motifs is 1. The molecule has 0 aliphatic heterocycles. The van der Waals surface area contributed by atoms with Crippen LogP contribution in [0.15, 0.2) is 30.3 Å². The molecule has 22 heavy (non-hydrogen) atoms. The van der Waals surface area contributed by atoms with Crippen LogP contribution in [0.3, 0.4) is 0 Å². The van der Waals surface area contributed by atoms with Crippen LogP contribution < -0.4 is 0 Å². The van der Waals surface area contributed by atoms with Gasteiger partial charge in [-0.2, -0.15) is 5.10 Å². The first-order valence-corrected chi connectivity index (χ1v) is 6.18. The lowest BCUT2D eigenvalue weighted by atomic mass is 10.1. The molecule has 110 valence electrons. The highest BCUT2D eigenvalue weighted by Crippen LogP contribution is 2.22. The number of non-ortho nitro benzene ring substituents is 1. The van der Waals surface area contributed by atoms with Gasteiger partial charge in [0, 0.05) is 23.8 Å². The SMILES string of the molecule is Cc1c(C(=O)O)nnc2cc(-c3ccc([N+](=O)[O-])cc3)nn12. The van der Waals surface area contributed by atoms with Crippen molar-refractivity contribution in [3.8, 4) is 11.3 Å². The molecule has 0 spiro atoms. The number of carbonyl (C=O) groups is 1. The molecular weight excluding hydrogens is 290 g/mol. The topological polar surface area (TPSA) is 124 Å². The predicted molar refractivity (Wildman–Crippen MR) is 74.6 cm³/mol. The van der Waals surface area contributed by atoms with E-state index in [1.807, 2.05) is 0 Å². The number of rotatable bonds is 3. The number of carboxylic acids is 1. The van der Waals surface area contributed by atoms with E-state index in [9.17, 15) is 14.9 Å². The lowest BCUT2D eigenvalue weighted by Crippen LogP contribution is -2.10. The van der Waals surface area contributed by atoms with Gasteiger partial charge in [-0.05, 0) is 19.1 Å². The van der Waals surface area contributed by atoms with E-state index in [2.05, 4.69) is 15.3 Å². The summed E-state index contributed by atoms with van der Waals surface area (Å²) in [6.07, 6.45) is 0. The van der Waals surface area contributed by atoms with Crippen molar-refractivity contribution in [2.24, 2.45) is 0 Å². The molecule has 0 fully saturated rings. The third kappa shape index (κ3) is 2.14. The number of aryl methyl sites for hydroxylation is 1. The van der Waals surface area contributed by atoms with Crippen molar-refractivity contribution in [3.63, 3.8) is 0 Å². The molecule has 0 radical (unpaired) electrons. The molecule has 0 atom stereocenters. The van der Waals surface area contributed by atoms with E-state index in [4.69, 9.17) is 5.11 Å². The molecule has 0 amide bonds. The summed E-state index contributed by atoms with van der Waals surface area (Å²) in [6.45, 7) is 1.58. The van der Waals surface area contributed by atoms with E-state index in [1.165, 1.54) is 16.6 Å². The van der Waals surface area contributed by atoms with Crippen molar-refractivity contribution in [1.29, 1.82) is 0 Å². The minimum absolute atomic E-state index is 0.0170. The number of aromatic nitrogens is 4. The maximum Gasteiger partial charge on any atom is 0.358 e. The molecule has 0 saturated carbocycles. The van der Waals surface area contributed by atoms with Gasteiger partial charge < -0.3 is 5.11 Å². The fourth-order valence-electron chi connectivity index (χ4n) is 2.06. The number of hydrogen-bond donors (Lipinski definition) is 1. The Hall–Kier alpha value is -3.36. The van der Waals surface area contributed by atoms with E-state index in [1.54, 1.807) is 25.1 Å². The monoisotopic (exact) mass is 299 g/mol. The smallest absolute Gasteiger partial charge is 0.358 e. The molecule has 1 aromatic carbocycles. The second kappa shape index (κ2) is 4.88. The van der Waals surface area contributed by atoms with Gasteiger partial charge in [0.25, 0.3) is 5.69 Å². The fraction of sp³-hybridized carbons (Fsp3) is 0.0769. The highest BCUT2D eigenvalue weighted by atomic mass is 16.6. The average molecular weight is 299 g/mol. The second-order valence-corrected chi connectivity index (χ2v) is 4.54. The van der Waals surface area contributed by atoms with Crippen molar-refractivity contribution >= 4 is 17.3 Å². The molecule has 9 nitrogen and oxygen atoms in total. The first kappa shape index (κ1) is 13.6. The Labute approximate surface area is 123 Å². The van der Waals surface area contributed by atoms with Gasteiger partial charge in [0.2, 0.25) is 0 Å². The van der Waals surface area contributed by atoms with Crippen molar-refractivity contribution in [1.82, 2.24) is 19.8 Å². The number of nitro benzene ring substituents is 1. The first-order chi connectivity index (χ1) is 10.5. The third-order valence-electron chi connectivity index (χ3n) is 3.18. The zero-order valence-electron chi connectivity index (χ0n) is 11.3. The minimum atomic E-state index is -1.18. The summed E-state index contributed by atoms with van der Waals surface area (Å²) in [6, 6.07) is 7.52. The Bertz CT molecular complexity index is 901. The summed E-state index contributed by atoms with van der Waals surface area (Å²) in [5, 5.41) is 31.4. The quantitative estimate of drug-likeness (QED) is 0.576. The normalized spacial score (nSPS) is 10.8. The highest BCUT2D eigenvalue weighted by molar-refractivity contribution is 5.86. The van der Waals surface area contributed by atoms with Crippen LogP contribution in [0.4, 0.5) is 5.69 Å². The molecule has 0 unspecified atom stereocenters. The van der Waals surface area contributed by atoms with Crippen LogP contribution in [0.1, 0.15) is 16.2 Å². The van der Waals surface area contributed by atoms with Gasteiger partial charge in [0.15, 0.2) is 11.3 Å². The van der Waals surface area contributed by atoms with Gasteiger partial charge in [-0.15, -0.1) is 10.2 Å². The Morgan fingerprint density at radius 3 is 2.55 bits per heavy atom. The summed E-state index contributed by atoms with van der Waals surface area (Å²) < 4.78 is 1.38. The van der Waals surface area contributed by atoms with Gasteiger partial charge >= 0.3 is 5.97 Å². The second-order valence-electron chi connectivity index (χ2n) is 4.54. The number of aromatic carboxylic acids is 1. The van der Waals surface area contributed by atoms with E-state index in [-0.39, 0.29) is 11.4 Å². The Kier molecular flexibility index (Phi) is 3.02. The van der Waals surface area contributed by atoms with Gasteiger partial charge in [-0.25, -0.2) is 9.31 Å². The average Bonchev–Trinajstić information content (AvgIpc) is 2.92.